The molecule has 24 heavy (non-hydrogen) atoms. The van der Waals surface area contributed by atoms with E-state index in [1.807, 2.05) is 18.2 Å². The van der Waals surface area contributed by atoms with Crippen LogP contribution in [0.25, 0.3) is 0 Å². The Bertz CT molecular complexity index is 693. The van der Waals surface area contributed by atoms with Gasteiger partial charge in [-0.25, -0.2) is 4.39 Å². The molecular formula is C19H21FN2O2. The fraction of sp³-hybridized carbons (Fsp3) is 0.316. The van der Waals surface area contributed by atoms with Gasteiger partial charge in [-0.05, 0) is 30.2 Å². The minimum absolute atomic E-state index is 0.0950. The Morgan fingerprint density at radius 2 is 1.96 bits per heavy atom. The van der Waals surface area contributed by atoms with Gasteiger partial charge >= 0.3 is 0 Å². The molecule has 2 N–H and O–H groups in total. The van der Waals surface area contributed by atoms with Gasteiger partial charge in [0, 0.05) is 25.1 Å². The van der Waals surface area contributed by atoms with Crippen molar-refractivity contribution in [2.24, 2.45) is 11.7 Å². The Hall–Kier alpha value is -2.40. The third kappa shape index (κ3) is 3.74. The van der Waals surface area contributed by atoms with Crippen LogP contribution in [-0.4, -0.2) is 37.0 Å². The van der Waals surface area contributed by atoms with E-state index in [2.05, 4.69) is 12.1 Å². The topological polar surface area (TPSA) is 55.6 Å². The number of nitrogens with zero attached hydrogens (tertiary/aromatic N) is 1. The number of ether oxygens (including phenoxy) is 1. The summed E-state index contributed by atoms with van der Waals surface area (Å²) in [5, 5.41) is 0. The van der Waals surface area contributed by atoms with E-state index < -0.39 is 0 Å². The number of likely N-dealkylation sites (tertiary alicyclic amines) is 1. The van der Waals surface area contributed by atoms with Crippen LogP contribution in [0, 0.1) is 11.7 Å². The number of carbonyl (C=O) groups excluding carboxylic acids is 1. The normalized spacial score (nSPS) is 20.2. The van der Waals surface area contributed by atoms with Gasteiger partial charge in [-0.1, -0.05) is 36.4 Å². The van der Waals surface area contributed by atoms with Gasteiger partial charge in [0.1, 0.15) is 11.6 Å². The van der Waals surface area contributed by atoms with Crippen LogP contribution in [0.2, 0.25) is 0 Å². The van der Waals surface area contributed by atoms with Gasteiger partial charge in [-0.3, -0.25) is 4.79 Å². The van der Waals surface area contributed by atoms with Crippen molar-refractivity contribution in [2.75, 3.05) is 26.2 Å². The molecule has 4 nitrogen and oxygen atoms in total. The third-order valence-corrected chi connectivity index (χ3v) is 4.48. The molecule has 5 heteroatoms. The summed E-state index contributed by atoms with van der Waals surface area (Å²) in [5.41, 5.74) is 7.10. The molecule has 1 saturated heterocycles. The summed E-state index contributed by atoms with van der Waals surface area (Å²) >= 11 is 0. The zero-order valence-corrected chi connectivity index (χ0v) is 13.4. The van der Waals surface area contributed by atoms with Crippen molar-refractivity contribution in [1.29, 1.82) is 0 Å². The predicted molar refractivity (Wildman–Crippen MR) is 90.2 cm³/mol. The van der Waals surface area contributed by atoms with Gasteiger partial charge in [0.15, 0.2) is 6.61 Å². The molecular weight excluding hydrogens is 307 g/mol. The van der Waals surface area contributed by atoms with E-state index >= 15 is 0 Å². The van der Waals surface area contributed by atoms with Crippen LogP contribution in [0.1, 0.15) is 11.5 Å². The van der Waals surface area contributed by atoms with Crippen LogP contribution in [0.3, 0.4) is 0 Å². The third-order valence-electron chi connectivity index (χ3n) is 4.48. The first-order chi connectivity index (χ1) is 11.7. The van der Waals surface area contributed by atoms with E-state index in [1.165, 1.54) is 17.7 Å². The number of amides is 1. The van der Waals surface area contributed by atoms with E-state index in [0.717, 1.165) is 0 Å². The highest BCUT2D eigenvalue weighted by Crippen LogP contribution is 2.32. The second-order valence-corrected chi connectivity index (χ2v) is 6.06. The summed E-state index contributed by atoms with van der Waals surface area (Å²) in [5.74, 6) is 0.363. The molecule has 2 aromatic rings. The fourth-order valence-corrected chi connectivity index (χ4v) is 3.18. The first-order valence-corrected chi connectivity index (χ1v) is 8.08. The van der Waals surface area contributed by atoms with Gasteiger partial charge in [0.2, 0.25) is 0 Å². The molecule has 0 bridgehead atoms. The number of hydrogen-bond acceptors (Lipinski definition) is 3. The summed E-state index contributed by atoms with van der Waals surface area (Å²) in [6.45, 7) is 1.70. The number of carbonyl (C=O) groups is 1. The molecule has 1 amide bonds. The van der Waals surface area contributed by atoms with Crippen LogP contribution in [0.15, 0.2) is 54.6 Å². The SMILES string of the molecule is NC[C@@H]1CN(C(=O)COc2cccc(F)c2)C[C@H]1c1ccccc1. The molecule has 0 spiro atoms. The minimum atomic E-state index is -0.381. The smallest absolute Gasteiger partial charge is 0.260 e. The molecule has 126 valence electrons. The molecule has 0 aromatic heterocycles. The van der Waals surface area contributed by atoms with E-state index in [9.17, 15) is 9.18 Å². The van der Waals surface area contributed by atoms with Gasteiger partial charge in [0.25, 0.3) is 5.91 Å². The van der Waals surface area contributed by atoms with Gasteiger partial charge < -0.3 is 15.4 Å². The average molecular weight is 328 g/mol. The van der Waals surface area contributed by atoms with Gasteiger partial charge in [-0.2, -0.15) is 0 Å². The molecule has 0 unspecified atom stereocenters. The molecule has 2 aromatic carbocycles. The molecule has 2 atom stereocenters. The monoisotopic (exact) mass is 328 g/mol. The van der Waals surface area contributed by atoms with Crippen LogP contribution < -0.4 is 10.5 Å². The Balaban J connectivity index is 1.61. The van der Waals surface area contributed by atoms with Crippen molar-refractivity contribution in [2.45, 2.75) is 5.92 Å². The molecule has 0 saturated carbocycles. The summed E-state index contributed by atoms with van der Waals surface area (Å²) < 4.78 is 18.5. The molecule has 0 aliphatic carbocycles. The Kier molecular flexibility index (Phi) is 5.11. The summed E-state index contributed by atoms with van der Waals surface area (Å²) in [6.07, 6.45) is 0. The molecule has 0 radical (unpaired) electrons. The fourth-order valence-electron chi connectivity index (χ4n) is 3.18. The number of halogens is 1. The predicted octanol–water partition coefficient (Wildman–Crippen LogP) is 2.41. The number of nitrogens with two attached hydrogens (primary N) is 1. The summed E-state index contributed by atoms with van der Waals surface area (Å²) in [4.78, 5) is 14.2. The quantitative estimate of drug-likeness (QED) is 0.917. The molecule has 1 fully saturated rings. The van der Waals surface area contributed by atoms with Gasteiger partial charge in [-0.15, -0.1) is 0 Å². The lowest BCUT2D eigenvalue weighted by atomic mass is 9.89. The second-order valence-electron chi connectivity index (χ2n) is 6.06. The lowest BCUT2D eigenvalue weighted by molar-refractivity contribution is -0.132. The average Bonchev–Trinajstić information content (AvgIpc) is 3.05. The molecule has 3 rings (SSSR count). The Labute approximate surface area is 141 Å². The highest BCUT2D eigenvalue weighted by Gasteiger charge is 2.35. The molecule has 1 aliphatic rings. The highest BCUT2D eigenvalue weighted by atomic mass is 19.1. The zero-order valence-electron chi connectivity index (χ0n) is 13.4. The first kappa shape index (κ1) is 16.5. The van der Waals surface area contributed by atoms with Crippen molar-refractivity contribution in [3.05, 3.63) is 66.0 Å². The van der Waals surface area contributed by atoms with Gasteiger partial charge in [0.05, 0.1) is 0 Å². The van der Waals surface area contributed by atoms with Crippen LogP contribution in [0.4, 0.5) is 4.39 Å². The summed E-state index contributed by atoms with van der Waals surface area (Å²) in [6, 6.07) is 15.9. The van der Waals surface area contributed by atoms with Crippen LogP contribution >= 0.6 is 0 Å². The highest BCUT2D eigenvalue weighted by molar-refractivity contribution is 5.78. The standard InChI is InChI=1S/C19H21FN2O2/c20-16-7-4-8-17(9-16)24-13-19(23)22-11-15(10-21)18(12-22)14-5-2-1-3-6-14/h1-9,15,18H,10-13,21H2/t15-,18+/m1/s1. The van der Waals surface area contributed by atoms with E-state index in [0.29, 0.717) is 25.4 Å². The maximum atomic E-state index is 13.1. The van der Waals surface area contributed by atoms with E-state index in [1.54, 1.807) is 17.0 Å². The van der Waals surface area contributed by atoms with Crippen LogP contribution in [-0.2, 0) is 4.79 Å². The Morgan fingerprint density at radius 3 is 2.67 bits per heavy atom. The lowest BCUT2D eigenvalue weighted by Crippen LogP contribution is -2.33. The van der Waals surface area contributed by atoms with E-state index in [4.69, 9.17) is 10.5 Å². The van der Waals surface area contributed by atoms with E-state index in [-0.39, 0.29) is 30.2 Å². The van der Waals surface area contributed by atoms with Crippen molar-refractivity contribution >= 4 is 5.91 Å². The maximum Gasteiger partial charge on any atom is 0.260 e. The van der Waals surface area contributed by atoms with Crippen molar-refractivity contribution in [3.63, 3.8) is 0 Å². The largest absolute Gasteiger partial charge is 0.484 e. The first-order valence-electron chi connectivity index (χ1n) is 8.08. The second kappa shape index (κ2) is 7.45. The van der Waals surface area contributed by atoms with Crippen molar-refractivity contribution < 1.29 is 13.9 Å². The number of rotatable bonds is 5. The Morgan fingerprint density at radius 1 is 1.17 bits per heavy atom. The van der Waals surface area contributed by atoms with Crippen LogP contribution in [0.5, 0.6) is 5.75 Å². The molecule has 1 heterocycles. The maximum absolute atomic E-state index is 13.1. The number of benzene rings is 2. The van der Waals surface area contributed by atoms with Crippen molar-refractivity contribution in [1.82, 2.24) is 4.90 Å². The summed E-state index contributed by atoms with van der Waals surface area (Å²) in [7, 11) is 0. The zero-order chi connectivity index (χ0) is 16.9. The van der Waals surface area contributed by atoms with Crippen molar-refractivity contribution in [3.8, 4) is 5.75 Å². The molecule has 1 aliphatic heterocycles. The lowest BCUT2D eigenvalue weighted by Gasteiger charge is -2.17. The minimum Gasteiger partial charge on any atom is -0.484 e. The number of hydrogen-bond donors (Lipinski definition) is 1.